The predicted molar refractivity (Wildman–Crippen MR) is 113 cm³/mol. The molecule has 0 amide bonds. The van der Waals surface area contributed by atoms with E-state index in [0.29, 0.717) is 11.7 Å². The van der Waals surface area contributed by atoms with E-state index in [1.165, 1.54) is 38.1 Å². The first-order chi connectivity index (χ1) is 14.0. The summed E-state index contributed by atoms with van der Waals surface area (Å²) in [6.07, 6.45) is -0.105. The fraction of sp³-hybridized carbons (Fsp3) is 0.600. The minimum absolute atomic E-state index is 0.0773. The van der Waals surface area contributed by atoms with E-state index in [2.05, 4.69) is 13.8 Å². The molecule has 0 aliphatic rings. The lowest BCUT2D eigenvalue weighted by Crippen LogP contribution is -2.29. The SMILES string of the molecule is COc1cc(COC(=O)OCC(C)(C)C(=O)SCCC(C)C)c([N+](=O)[O-])cc1OC. The molecule has 1 aromatic rings. The van der Waals surface area contributed by atoms with Crippen LogP contribution in [0, 0.1) is 21.4 Å². The van der Waals surface area contributed by atoms with E-state index in [9.17, 15) is 19.7 Å². The highest BCUT2D eigenvalue weighted by Gasteiger charge is 2.30. The topological polar surface area (TPSA) is 114 Å². The van der Waals surface area contributed by atoms with Crippen LogP contribution in [0.15, 0.2) is 12.1 Å². The number of nitro benzene ring substituents is 1. The molecule has 1 rings (SSSR count). The Morgan fingerprint density at radius 2 is 1.73 bits per heavy atom. The molecule has 30 heavy (non-hydrogen) atoms. The van der Waals surface area contributed by atoms with E-state index in [0.717, 1.165) is 6.42 Å². The van der Waals surface area contributed by atoms with Crippen LogP contribution in [0.4, 0.5) is 10.5 Å². The van der Waals surface area contributed by atoms with Gasteiger partial charge in [0.2, 0.25) is 0 Å². The number of methoxy groups -OCH3 is 2. The molecule has 0 spiro atoms. The molecule has 0 atom stereocenters. The van der Waals surface area contributed by atoms with Gasteiger partial charge in [-0.05, 0) is 32.3 Å². The van der Waals surface area contributed by atoms with Gasteiger partial charge in [-0.3, -0.25) is 14.9 Å². The Labute approximate surface area is 180 Å². The van der Waals surface area contributed by atoms with Gasteiger partial charge >= 0.3 is 6.16 Å². The number of nitro groups is 1. The van der Waals surface area contributed by atoms with Crippen LogP contribution in [0.25, 0.3) is 0 Å². The maximum Gasteiger partial charge on any atom is 0.508 e. The molecule has 0 saturated carbocycles. The first-order valence-electron chi connectivity index (χ1n) is 9.37. The van der Waals surface area contributed by atoms with Crippen LogP contribution in [0.1, 0.15) is 39.7 Å². The summed E-state index contributed by atoms with van der Waals surface area (Å²) in [5, 5.41) is 11.2. The van der Waals surface area contributed by atoms with Crippen molar-refractivity contribution in [2.75, 3.05) is 26.6 Å². The van der Waals surface area contributed by atoms with Gasteiger partial charge in [0, 0.05) is 5.75 Å². The predicted octanol–water partition coefficient (Wildman–Crippen LogP) is 4.60. The van der Waals surface area contributed by atoms with Crippen LogP contribution in [0.5, 0.6) is 11.5 Å². The highest BCUT2D eigenvalue weighted by Crippen LogP contribution is 2.35. The minimum Gasteiger partial charge on any atom is -0.493 e. The fourth-order valence-electron chi connectivity index (χ4n) is 2.26. The number of nitrogens with zero attached hydrogens (tertiary/aromatic N) is 1. The summed E-state index contributed by atoms with van der Waals surface area (Å²) in [7, 11) is 2.75. The van der Waals surface area contributed by atoms with Gasteiger partial charge in [-0.15, -0.1) is 0 Å². The lowest BCUT2D eigenvalue weighted by atomic mass is 9.97. The standard InChI is InChI=1S/C20H29NO8S/c1-13(2)7-8-30-18(22)20(3,4)12-29-19(23)28-11-14-9-16(26-5)17(27-6)10-15(14)21(24)25/h9-10,13H,7-8,11-12H2,1-6H3. The molecule has 10 heteroatoms. The van der Waals surface area contributed by atoms with Crippen molar-refractivity contribution in [3.05, 3.63) is 27.8 Å². The largest absolute Gasteiger partial charge is 0.508 e. The van der Waals surface area contributed by atoms with Crippen molar-refractivity contribution < 1.29 is 33.5 Å². The third kappa shape index (κ3) is 7.74. The molecule has 0 bridgehead atoms. The third-order valence-electron chi connectivity index (χ3n) is 4.16. The monoisotopic (exact) mass is 443 g/mol. The number of hydrogen-bond donors (Lipinski definition) is 0. The molecule has 0 fully saturated rings. The third-order valence-corrected chi connectivity index (χ3v) is 5.41. The van der Waals surface area contributed by atoms with E-state index < -0.39 is 23.1 Å². The van der Waals surface area contributed by atoms with Crippen molar-refractivity contribution in [3.63, 3.8) is 0 Å². The average Bonchev–Trinajstić information content (AvgIpc) is 2.69. The van der Waals surface area contributed by atoms with Crippen LogP contribution in [-0.4, -0.2) is 42.8 Å². The maximum absolute atomic E-state index is 12.3. The molecule has 0 aliphatic heterocycles. The number of thioether (sulfide) groups is 1. The zero-order valence-electron chi connectivity index (χ0n) is 18.2. The van der Waals surface area contributed by atoms with Crippen molar-refractivity contribution in [2.24, 2.45) is 11.3 Å². The summed E-state index contributed by atoms with van der Waals surface area (Å²) >= 11 is 1.21. The minimum atomic E-state index is -1.02. The lowest BCUT2D eigenvalue weighted by molar-refractivity contribution is -0.385. The second-order valence-electron chi connectivity index (χ2n) is 7.62. The highest BCUT2D eigenvalue weighted by molar-refractivity contribution is 8.13. The molecule has 0 aliphatic carbocycles. The average molecular weight is 444 g/mol. The molecule has 0 N–H and O–H groups in total. The number of carbonyl (C=O) groups is 2. The molecule has 0 unspecified atom stereocenters. The Morgan fingerprint density at radius 3 is 2.27 bits per heavy atom. The van der Waals surface area contributed by atoms with Gasteiger partial charge in [-0.25, -0.2) is 4.79 Å². The number of carbonyl (C=O) groups excluding carboxylic acids is 2. The van der Waals surface area contributed by atoms with E-state index in [1.807, 2.05) is 0 Å². The molecule has 0 aromatic heterocycles. The van der Waals surface area contributed by atoms with E-state index in [4.69, 9.17) is 18.9 Å². The van der Waals surface area contributed by atoms with Gasteiger partial charge in [0.25, 0.3) is 5.69 Å². The summed E-state index contributed by atoms with van der Waals surface area (Å²) in [5.41, 5.74) is -1.04. The smallest absolute Gasteiger partial charge is 0.493 e. The number of benzene rings is 1. The molecule has 168 valence electrons. The Kier molecular flexibility index (Phi) is 9.91. The van der Waals surface area contributed by atoms with Crippen LogP contribution in [0.2, 0.25) is 0 Å². The van der Waals surface area contributed by atoms with Crippen molar-refractivity contribution in [3.8, 4) is 11.5 Å². The lowest BCUT2D eigenvalue weighted by Gasteiger charge is -2.22. The van der Waals surface area contributed by atoms with E-state index in [1.54, 1.807) is 13.8 Å². The molecule has 9 nitrogen and oxygen atoms in total. The Balaban J connectivity index is 2.68. The van der Waals surface area contributed by atoms with Crippen LogP contribution in [0.3, 0.4) is 0 Å². The van der Waals surface area contributed by atoms with Crippen LogP contribution >= 0.6 is 11.8 Å². The first-order valence-corrected chi connectivity index (χ1v) is 10.4. The second-order valence-corrected chi connectivity index (χ2v) is 8.69. The summed E-state index contributed by atoms with van der Waals surface area (Å²) in [4.78, 5) is 35.0. The van der Waals surface area contributed by atoms with Crippen molar-refractivity contribution in [1.29, 1.82) is 0 Å². The molecular weight excluding hydrogens is 414 g/mol. The summed E-state index contributed by atoms with van der Waals surface area (Å²) < 4.78 is 20.2. The van der Waals surface area contributed by atoms with Gasteiger partial charge in [0.15, 0.2) is 16.6 Å². The van der Waals surface area contributed by atoms with Crippen molar-refractivity contribution in [2.45, 2.75) is 40.7 Å². The Bertz CT molecular complexity index is 763. The van der Waals surface area contributed by atoms with Crippen LogP contribution < -0.4 is 9.47 Å². The quantitative estimate of drug-likeness (QED) is 0.275. The number of ether oxygens (including phenoxy) is 4. The normalized spacial score (nSPS) is 11.2. The maximum atomic E-state index is 12.3. The highest BCUT2D eigenvalue weighted by atomic mass is 32.2. The molecule has 0 heterocycles. The summed E-state index contributed by atoms with van der Waals surface area (Å²) in [6.45, 7) is 6.98. The Hall–Kier alpha value is -2.49. The first kappa shape index (κ1) is 25.5. The van der Waals surface area contributed by atoms with E-state index >= 15 is 0 Å². The molecule has 0 saturated heterocycles. The second kappa shape index (κ2) is 11.6. The van der Waals surface area contributed by atoms with Gasteiger partial charge in [0.05, 0.1) is 36.2 Å². The fourth-order valence-corrected chi connectivity index (χ4v) is 3.48. The molecule has 1 aromatic carbocycles. The molecule has 0 radical (unpaired) electrons. The van der Waals surface area contributed by atoms with E-state index in [-0.39, 0.29) is 34.5 Å². The van der Waals surface area contributed by atoms with Crippen LogP contribution in [-0.2, 0) is 20.9 Å². The summed E-state index contributed by atoms with van der Waals surface area (Å²) in [5.74, 6) is 1.65. The van der Waals surface area contributed by atoms with Gasteiger partial charge in [-0.2, -0.15) is 0 Å². The zero-order chi connectivity index (χ0) is 22.9. The van der Waals surface area contributed by atoms with Gasteiger partial charge in [0.1, 0.15) is 13.2 Å². The summed E-state index contributed by atoms with van der Waals surface area (Å²) in [6, 6.07) is 2.56. The number of rotatable bonds is 11. The number of hydrogen-bond acceptors (Lipinski definition) is 9. The zero-order valence-corrected chi connectivity index (χ0v) is 19.0. The van der Waals surface area contributed by atoms with Gasteiger partial charge < -0.3 is 18.9 Å². The Morgan fingerprint density at radius 1 is 1.13 bits per heavy atom. The van der Waals surface area contributed by atoms with Crippen molar-refractivity contribution in [1.82, 2.24) is 0 Å². The van der Waals surface area contributed by atoms with Gasteiger partial charge in [-0.1, -0.05) is 25.6 Å². The molecular formula is C20H29NO8S. The van der Waals surface area contributed by atoms with Crippen molar-refractivity contribution >= 4 is 28.7 Å².